The molecule has 0 heterocycles. The highest BCUT2D eigenvalue weighted by Crippen LogP contribution is 2.24. The summed E-state index contributed by atoms with van der Waals surface area (Å²) >= 11 is 15.3. The number of ether oxygens (including phenoxy) is 2. The molecule has 0 atom stereocenters. The van der Waals surface area contributed by atoms with Crippen LogP contribution in [-0.4, -0.2) is 19.2 Å². The first-order chi connectivity index (χ1) is 14.5. The fourth-order valence-corrected chi connectivity index (χ4v) is 3.21. The molecule has 30 heavy (non-hydrogen) atoms. The van der Waals surface area contributed by atoms with E-state index in [2.05, 4.69) is 26.5 Å². The van der Waals surface area contributed by atoms with Crippen LogP contribution in [0.25, 0.3) is 0 Å². The van der Waals surface area contributed by atoms with Gasteiger partial charge in [-0.25, -0.2) is 5.43 Å². The molecule has 0 saturated heterocycles. The zero-order valence-electron chi connectivity index (χ0n) is 15.9. The van der Waals surface area contributed by atoms with Gasteiger partial charge < -0.3 is 9.47 Å². The summed E-state index contributed by atoms with van der Waals surface area (Å²) < 4.78 is 11.7. The Balaban J connectivity index is 1.56. The van der Waals surface area contributed by atoms with Crippen molar-refractivity contribution in [2.24, 2.45) is 5.10 Å². The number of nitrogens with zero attached hydrogens (tertiary/aromatic N) is 1. The first kappa shape index (κ1) is 22.2. The molecule has 0 radical (unpaired) electrons. The number of halogens is 3. The van der Waals surface area contributed by atoms with Gasteiger partial charge in [0.15, 0.2) is 0 Å². The van der Waals surface area contributed by atoms with Crippen LogP contribution in [0.2, 0.25) is 10.0 Å². The molecule has 0 aliphatic heterocycles. The summed E-state index contributed by atoms with van der Waals surface area (Å²) in [6.45, 7) is 0.370. The minimum absolute atomic E-state index is 0.369. The van der Waals surface area contributed by atoms with Crippen molar-refractivity contribution in [3.63, 3.8) is 0 Å². The number of methoxy groups -OCH3 is 1. The molecule has 0 aromatic heterocycles. The van der Waals surface area contributed by atoms with Crippen molar-refractivity contribution in [3.8, 4) is 11.5 Å². The molecular formula is C22H17BrCl2N2O3. The average Bonchev–Trinajstić information content (AvgIpc) is 2.75. The molecule has 0 aliphatic carbocycles. The number of amides is 1. The van der Waals surface area contributed by atoms with Crippen molar-refractivity contribution < 1.29 is 14.3 Å². The quantitative estimate of drug-likeness (QED) is 0.310. The van der Waals surface area contributed by atoms with E-state index in [1.165, 1.54) is 7.11 Å². The highest BCUT2D eigenvalue weighted by Gasteiger charge is 2.12. The van der Waals surface area contributed by atoms with Crippen LogP contribution < -0.4 is 14.9 Å². The van der Waals surface area contributed by atoms with Crippen molar-refractivity contribution in [1.29, 1.82) is 0 Å². The maximum Gasteiger partial charge on any atom is 0.275 e. The van der Waals surface area contributed by atoms with Crippen molar-refractivity contribution >= 4 is 51.3 Å². The molecule has 0 aliphatic rings. The summed E-state index contributed by atoms with van der Waals surface area (Å²) in [4.78, 5) is 12.3. The van der Waals surface area contributed by atoms with Crippen LogP contribution in [0.5, 0.6) is 11.5 Å². The first-order valence-corrected chi connectivity index (χ1v) is 10.3. The van der Waals surface area contributed by atoms with Crippen LogP contribution in [-0.2, 0) is 6.61 Å². The van der Waals surface area contributed by atoms with Crippen molar-refractivity contribution in [2.45, 2.75) is 6.61 Å². The number of carbonyl (C=O) groups is 1. The third-order valence-electron chi connectivity index (χ3n) is 4.06. The number of benzene rings is 3. The Morgan fingerprint density at radius 1 is 1.07 bits per heavy atom. The van der Waals surface area contributed by atoms with Crippen LogP contribution >= 0.6 is 39.1 Å². The minimum Gasteiger partial charge on any atom is -0.496 e. The van der Waals surface area contributed by atoms with Crippen molar-refractivity contribution in [3.05, 3.63) is 91.9 Å². The average molecular weight is 508 g/mol. The summed E-state index contributed by atoms with van der Waals surface area (Å²) in [6, 6.07) is 17.8. The molecule has 3 aromatic rings. The monoisotopic (exact) mass is 506 g/mol. The zero-order chi connectivity index (χ0) is 21.5. The third kappa shape index (κ3) is 5.98. The van der Waals surface area contributed by atoms with Gasteiger partial charge >= 0.3 is 0 Å². The zero-order valence-corrected chi connectivity index (χ0v) is 19.0. The highest BCUT2D eigenvalue weighted by atomic mass is 79.9. The van der Waals surface area contributed by atoms with E-state index in [1.807, 2.05) is 30.3 Å². The fraction of sp³-hybridized carbons (Fsp3) is 0.0909. The fourth-order valence-electron chi connectivity index (χ4n) is 2.53. The molecule has 3 aromatic carbocycles. The second kappa shape index (κ2) is 10.5. The van der Waals surface area contributed by atoms with Crippen LogP contribution in [0.3, 0.4) is 0 Å². The van der Waals surface area contributed by atoms with E-state index in [4.69, 9.17) is 32.7 Å². The molecule has 5 nitrogen and oxygen atoms in total. The molecule has 0 bridgehead atoms. The SMILES string of the molecule is COc1ccc(Br)cc1C(=O)N/N=C\c1ccc(OCc2ccc(Cl)c(Cl)c2)cc1. The Morgan fingerprint density at radius 3 is 2.53 bits per heavy atom. The lowest BCUT2D eigenvalue weighted by molar-refractivity contribution is 0.0952. The number of hydrazone groups is 1. The van der Waals surface area contributed by atoms with Gasteiger partial charge in [-0.2, -0.15) is 5.10 Å². The van der Waals surface area contributed by atoms with Gasteiger partial charge in [-0.05, 0) is 65.7 Å². The van der Waals surface area contributed by atoms with Gasteiger partial charge in [0.25, 0.3) is 5.91 Å². The maximum absolute atomic E-state index is 12.3. The van der Waals surface area contributed by atoms with Gasteiger partial charge in [0.1, 0.15) is 18.1 Å². The topological polar surface area (TPSA) is 59.9 Å². The molecule has 1 amide bonds. The summed E-state index contributed by atoms with van der Waals surface area (Å²) in [5, 5.41) is 5.00. The Morgan fingerprint density at radius 2 is 1.83 bits per heavy atom. The number of nitrogens with one attached hydrogen (secondary N) is 1. The Kier molecular flexibility index (Phi) is 7.74. The summed E-state index contributed by atoms with van der Waals surface area (Å²) in [5.74, 6) is 0.793. The molecular weight excluding hydrogens is 491 g/mol. The van der Waals surface area contributed by atoms with E-state index in [1.54, 1.807) is 36.5 Å². The Labute approximate surface area is 192 Å². The van der Waals surface area contributed by atoms with Crippen LogP contribution in [0.15, 0.2) is 70.2 Å². The normalized spacial score (nSPS) is 10.8. The first-order valence-electron chi connectivity index (χ1n) is 8.80. The molecule has 0 spiro atoms. The van der Waals surface area contributed by atoms with E-state index in [-0.39, 0.29) is 5.91 Å². The van der Waals surface area contributed by atoms with Gasteiger partial charge in [0, 0.05) is 4.47 Å². The van der Waals surface area contributed by atoms with E-state index >= 15 is 0 Å². The number of carbonyl (C=O) groups excluding carboxylic acids is 1. The lowest BCUT2D eigenvalue weighted by Gasteiger charge is -2.08. The lowest BCUT2D eigenvalue weighted by atomic mass is 10.2. The van der Waals surface area contributed by atoms with E-state index < -0.39 is 0 Å². The third-order valence-corrected chi connectivity index (χ3v) is 5.29. The van der Waals surface area contributed by atoms with E-state index in [0.29, 0.717) is 33.7 Å². The molecule has 1 N–H and O–H groups in total. The second-order valence-corrected chi connectivity index (χ2v) is 7.88. The predicted molar refractivity (Wildman–Crippen MR) is 123 cm³/mol. The predicted octanol–water partition coefficient (Wildman–Crippen LogP) is 6.11. The summed E-state index contributed by atoms with van der Waals surface area (Å²) in [7, 11) is 1.51. The molecule has 3 rings (SSSR count). The molecule has 8 heteroatoms. The van der Waals surface area contributed by atoms with E-state index in [0.717, 1.165) is 15.6 Å². The summed E-state index contributed by atoms with van der Waals surface area (Å²) in [6.07, 6.45) is 1.55. The Bertz CT molecular complexity index is 1070. The van der Waals surface area contributed by atoms with E-state index in [9.17, 15) is 4.79 Å². The van der Waals surface area contributed by atoms with Gasteiger partial charge in [-0.1, -0.05) is 45.2 Å². The highest BCUT2D eigenvalue weighted by molar-refractivity contribution is 9.10. The number of hydrogen-bond donors (Lipinski definition) is 1. The van der Waals surface area contributed by atoms with Crippen molar-refractivity contribution in [2.75, 3.05) is 7.11 Å². The number of hydrogen-bond acceptors (Lipinski definition) is 4. The largest absolute Gasteiger partial charge is 0.496 e. The second-order valence-electron chi connectivity index (χ2n) is 6.15. The van der Waals surface area contributed by atoms with Crippen molar-refractivity contribution in [1.82, 2.24) is 5.43 Å². The summed E-state index contributed by atoms with van der Waals surface area (Å²) in [5.41, 5.74) is 4.60. The van der Waals surface area contributed by atoms with Crippen LogP contribution in [0.4, 0.5) is 0 Å². The van der Waals surface area contributed by atoms with Gasteiger partial charge in [0.05, 0.1) is 28.9 Å². The van der Waals surface area contributed by atoms with Gasteiger partial charge in [-0.15, -0.1) is 0 Å². The number of rotatable bonds is 7. The lowest BCUT2D eigenvalue weighted by Crippen LogP contribution is -2.18. The molecule has 0 saturated carbocycles. The Hall–Kier alpha value is -2.54. The maximum atomic E-state index is 12.3. The smallest absolute Gasteiger partial charge is 0.275 e. The molecule has 0 fully saturated rings. The molecule has 0 unspecified atom stereocenters. The van der Waals surface area contributed by atoms with Crippen LogP contribution in [0, 0.1) is 0 Å². The van der Waals surface area contributed by atoms with Gasteiger partial charge in [-0.3, -0.25) is 4.79 Å². The standard InChI is InChI=1S/C22H17BrCl2N2O3/c1-29-21-9-5-16(23)11-18(21)22(28)27-26-12-14-2-6-17(7-3-14)30-13-15-4-8-19(24)20(25)10-15/h2-12H,13H2,1H3,(H,27,28)/b26-12-. The van der Waals surface area contributed by atoms with Gasteiger partial charge in [0.2, 0.25) is 0 Å². The minimum atomic E-state index is -0.369. The van der Waals surface area contributed by atoms with Crippen LogP contribution in [0.1, 0.15) is 21.5 Å². The molecule has 154 valence electrons.